The van der Waals surface area contributed by atoms with Crippen LogP contribution in [0.3, 0.4) is 0 Å². The molecule has 0 spiro atoms. The van der Waals surface area contributed by atoms with Crippen LogP contribution in [0.25, 0.3) is 111 Å². The molecule has 10 heterocycles. The van der Waals surface area contributed by atoms with Gasteiger partial charge in [-0.05, 0) is 181 Å². The lowest BCUT2D eigenvalue weighted by Crippen LogP contribution is -2.54. The van der Waals surface area contributed by atoms with Crippen LogP contribution in [0.2, 0.25) is 0 Å². The Morgan fingerprint density at radius 1 is 0.287 bits per heavy atom. The summed E-state index contributed by atoms with van der Waals surface area (Å²) in [4.78, 5) is 75.2. The second kappa shape index (κ2) is 45.3. The van der Waals surface area contributed by atoms with E-state index < -0.39 is 23.3 Å². The Hall–Kier alpha value is -15.0. The van der Waals surface area contributed by atoms with E-state index >= 15 is 0 Å². The maximum absolute atomic E-state index is 14.6. The molecule has 5 aromatic heterocycles. The number of hydrogen-bond acceptors (Lipinski definition) is 29. The molecule has 0 amide bonds. The Morgan fingerprint density at radius 2 is 0.531 bits per heavy atom. The van der Waals surface area contributed by atoms with Crippen LogP contribution in [0, 0.1) is 23.3 Å². The predicted molar refractivity (Wildman–Crippen MR) is 551 cm³/mol. The smallest absolute Gasteiger partial charge is 0.193 e. The molecule has 0 radical (unpaired) electrons. The van der Waals surface area contributed by atoms with E-state index in [1.165, 1.54) is 130 Å². The van der Waals surface area contributed by atoms with E-state index in [2.05, 4.69) is 85.7 Å². The number of nitrogens with zero attached hydrogens (tertiary/aromatic N) is 5. The topological polar surface area (TPSA) is 310 Å². The Kier molecular flexibility index (Phi) is 32.0. The molecule has 15 aromatic rings. The Morgan fingerprint density at radius 3 is 0.804 bits per heavy atom. The lowest BCUT2D eigenvalue weighted by Gasteiger charge is -2.37. The van der Waals surface area contributed by atoms with Gasteiger partial charge in [0.25, 0.3) is 0 Å². The minimum absolute atomic E-state index is 0.0230. The van der Waals surface area contributed by atoms with Crippen LogP contribution in [0.4, 0.5) is 46.0 Å². The molecule has 0 saturated carbocycles. The highest BCUT2D eigenvalue weighted by atomic mass is 19.1. The number of methoxy groups -OCH3 is 8. The maximum atomic E-state index is 14.6. The molecule has 0 aliphatic carbocycles. The van der Waals surface area contributed by atoms with Crippen molar-refractivity contribution in [1.29, 1.82) is 0 Å². The van der Waals surface area contributed by atoms with Gasteiger partial charge < -0.3 is 116 Å². The molecule has 143 heavy (non-hydrogen) atoms. The van der Waals surface area contributed by atoms with E-state index in [4.69, 9.17) is 64.7 Å². The highest BCUT2D eigenvalue weighted by Crippen LogP contribution is 2.42. The number of rotatable bonds is 20. The van der Waals surface area contributed by atoms with Crippen molar-refractivity contribution >= 4 is 83.3 Å². The lowest BCUT2D eigenvalue weighted by atomic mass is 10.1. The molecular formula is C110H116F4N10O19. The fourth-order valence-corrected chi connectivity index (χ4v) is 18.4. The second-order valence-electron chi connectivity index (χ2n) is 35.5. The zero-order valence-corrected chi connectivity index (χ0v) is 82.2. The van der Waals surface area contributed by atoms with E-state index in [0.29, 0.717) is 120 Å². The van der Waals surface area contributed by atoms with Gasteiger partial charge in [-0.2, -0.15) is 0 Å². The number of benzene rings is 10. The largest absolute Gasteiger partial charge is 0.494 e. The van der Waals surface area contributed by atoms with Crippen LogP contribution in [0.15, 0.2) is 240 Å². The highest BCUT2D eigenvalue weighted by Gasteiger charge is 2.29. The van der Waals surface area contributed by atoms with Crippen molar-refractivity contribution in [2.75, 3.05) is 186 Å². The van der Waals surface area contributed by atoms with Crippen molar-refractivity contribution in [2.24, 2.45) is 0 Å². The number of halogens is 4. The minimum atomic E-state index is -0.560. The van der Waals surface area contributed by atoms with Gasteiger partial charge in [-0.3, -0.25) is 24.0 Å². The molecule has 0 bridgehead atoms. The second-order valence-corrected chi connectivity index (χ2v) is 35.5. The van der Waals surface area contributed by atoms with Gasteiger partial charge in [0, 0.05) is 217 Å². The standard InChI is InChI=1S/C23H25FN2O4.2C22H23FN2O4.C22H24N2O3.C21H21FN2O4/c1-13-11-26(12-14(2)25-13)15-5-6-20-17(7-15)19(27)10-21(30-20)16-8-22(28-3)23(29-4)9-18(16)24;2*1-13-12-25(7-6-24-13)14-4-5-19-16(8-14)18(26)11-20(29-19)15-9-21(27-2)22(28-3)10-17(15)23;1-3-26-18-7-4-16(5-8-18)22-13-20(25)19-12-17(6-9-21(19)27-22)24-11-10-23-15(2)14-24;1-26-20-10-14(16(22)11-21(20)27-2)19-12-17(25)15-9-13(3-4-18(15)28-19)24-7-5-23-6-8-24/h5-10,13-14,25H,11-12H2,1-4H3;2*4-5,8-11,13,24H,6-7,12H2,1-3H3;4-9,12-13,15,23H,3,10-11,14H2,1-2H3;3-4,9-12,23H,5-8H2,1-2H3/t13-,14+;2*13-;15-;/m.101./s1. The highest BCUT2D eigenvalue weighted by molar-refractivity contribution is 5.88. The summed E-state index contributed by atoms with van der Waals surface area (Å²) in [6, 6.07) is 55.1. The van der Waals surface area contributed by atoms with Gasteiger partial charge in [0.05, 0.1) is 113 Å². The van der Waals surface area contributed by atoms with E-state index in [-0.39, 0.29) is 95.4 Å². The average Bonchev–Trinajstić information content (AvgIpc) is 0.805. The molecule has 5 N–H and O–H groups in total. The van der Waals surface area contributed by atoms with Crippen LogP contribution in [0.5, 0.6) is 51.7 Å². The van der Waals surface area contributed by atoms with Crippen LogP contribution in [-0.2, 0) is 0 Å². The van der Waals surface area contributed by atoms with Gasteiger partial charge in [0.15, 0.2) is 73.1 Å². The van der Waals surface area contributed by atoms with Crippen molar-refractivity contribution in [1.82, 2.24) is 26.6 Å². The Labute approximate surface area is 822 Å². The molecule has 33 heteroatoms. The molecule has 0 unspecified atom stereocenters. The molecule has 20 rings (SSSR count). The fourth-order valence-electron chi connectivity index (χ4n) is 18.4. The number of fused-ring (bicyclic) bond motifs is 5. The quantitative estimate of drug-likeness (QED) is 0.0443. The first-order valence-electron chi connectivity index (χ1n) is 47.4. The van der Waals surface area contributed by atoms with Crippen LogP contribution in [-0.4, -0.2) is 192 Å². The van der Waals surface area contributed by atoms with Crippen molar-refractivity contribution in [3.8, 4) is 108 Å². The van der Waals surface area contributed by atoms with E-state index in [1.54, 1.807) is 30.3 Å². The summed E-state index contributed by atoms with van der Waals surface area (Å²) in [5.41, 5.74) is 7.73. The summed E-state index contributed by atoms with van der Waals surface area (Å²) in [5.74, 6) is 2.22. The monoisotopic (exact) mass is 1960 g/mol. The third-order valence-electron chi connectivity index (χ3n) is 25.6. The van der Waals surface area contributed by atoms with Crippen LogP contribution in [0.1, 0.15) is 41.5 Å². The zero-order chi connectivity index (χ0) is 101. The number of ether oxygens (including phenoxy) is 9. The summed E-state index contributed by atoms with van der Waals surface area (Å²) in [5, 5.41) is 19.5. The first-order valence-corrected chi connectivity index (χ1v) is 47.4. The van der Waals surface area contributed by atoms with Crippen LogP contribution >= 0.6 is 0 Å². The maximum Gasteiger partial charge on any atom is 0.193 e. The van der Waals surface area contributed by atoms with E-state index in [9.17, 15) is 41.5 Å². The van der Waals surface area contributed by atoms with Gasteiger partial charge in [-0.1, -0.05) is 0 Å². The normalized spacial score (nSPS) is 16.9. The third kappa shape index (κ3) is 23.1. The Balaban J connectivity index is 0.000000128. The predicted octanol–water partition coefficient (Wildman–Crippen LogP) is 17.3. The van der Waals surface area contributed by atoms with E-state index in [0.717, 1.165) is 138 Å². The average molecular weight is 1960 g/mol. The molecule has 5 aliphatic heterocycles. The molecule has 748 valence electrons. The van der Waals surface area contributed by atoms with Gasteiger partial charge in [-0.25, -0.2) is 17.6 Å². The number of hydrogen-bond donors (Lipinski definition) is 5. The Bertz CT molecular complexity index is 7270. The summed E-state index contributed by atoms with van der Waals surface area (Å²) in [6.07, 6.45) is 0. The number of piperazine rings is 5. The molecule has 29 nitrogen and oxygen atoms in total. The zero-order valence-electron chi connectivity index (χ0n) is 82.2. The van der Waals surface area contributed by atoms with Gasteiger partial charge >= 0.3 is 0 Å². The molecule has 5 aliphatic rings. The SMILES string of the molecule is CCOc1ccc(-c2cc(=O)c3cc(N4CCN[C@H](C)C4)ccc3o2)cc1.COc1cc(F)c(-c2cc(=O)c3cc(N4CCNCC4)ccc3o2)cc1OC.COc1cc(F)c(-c2cc(=O)c3cc(N4CCN[C@@H](C)C4)ccc3o2)cc1OC.COc1cc(F)c(-c2cc(=O)c3cc(N4CCN[C@H](C)C4)ccc3o2)cc1OC.COc1cc(F)c(-c2cc(=O)c3cc(N4C[C@@H](C)N[C@@H](C)C4)ccc3o2)cc1OC. The summed E-state index contributed by atoms with van der Waals surface area (Å²) < 4.78 is 135. The summed E-state index contributed by atoms with van der Waals surface area (Å²) >= 11 is 0. The fraction of sp³-hybridized carbons (Fsp3) is 0.318. The van der Waals surface area contributed by atoms with Gasteiger partial charge in [-0.15, -0.1) is 0 Å². The minimum Gasteiger partial charge on any atom is -0.494 e. The van der Waals surface area contributed by atoms with Crippen molar-refractivity contribution in [3.05, 3.63) is 269 Å². The van der Waals surface area contributed by atoms with Gasteiger partial charge in [0.2, 0.25) is 0 Å². The summed E-state index contributed by atoms with van der Waals surface area (Å²) in [7, 11) is 11.6. The van der Waals surface area contributed by atoms with Crippen molar-refractivity contribution in [3.63, 3.8) is 0 Å². The molecule has 5 atom stereocenters. The summed E-state index contributed by atoms with van der Waals surface area (Å²) in [6.45, 7) is 26.7. The first-order chi connectivity index (χ1) is 69.1. The number of nitrogens with one attached hydrogen (secondary N) is 5. The lowest BCUT2D eigenvalue weighted by molar-refractivity contribution is 0.340. The first kappa shape index (κ1) is 101. The van der Waals surface area contributed by atoms with Gasteiger partial charge in [0.1, 0.15) is 85.7 Å². The van der Waals surface area contributed by atoms with Crippen molar-refractivity contribution < 1.29 is 82.3 Å². The molecule has 10 aromatic carbocycles. The van der Waals surface area contributed by atoms with Crippen molar-refractivity contribution in [2.45, 2.75) is 71.8 Å². The number of anilines is 5. The molecule has 5 saturated heterocycles. The molecule has 5 fully saturated rings. The van der Waals surface area contributed by atoms with E-state index in [1.807, 2.05) is 97.9 Å². The molecular weight excluding hydrogens is 1840 g/mol. The van der Waals surface area contributed by atoms with Crippen LogP contribution < -0.4 is 121 Å². The third-order valence-corrected chi connectivity index (χ3v) is 25.6.